The van der Waals surface area contributed by atoms with E-state index in [1.165, 1.54) is 0 Å². The fourth-order valence-electron chi connectivity index (χ4n) is 2.05. The molecule has 5 nitrogen and oxygen atoms in total. The predicted molar refractivity (Wildman–Crippen MR) is 81.1 cm³/mol. The molecule has 2 rings (SSSR count). The molecule has 0 atom stereocenters. The summed E-state index contributed by atoms with van der Waals surface area (Å²) < 4.78 is 10.2. The van der Waals surface area contributed by atoms with Gasteiger partial charge in [-0.25, -0.2) is 0 Å². The molecule has 0 aromatic heterocycles. The van der Waals surface area contributed by atoms with Crippen LogP contribution in [0.15, 0.2) is 23.4 Å². The molecular weight excluding hydrogens is 276 g/mol. The van der Waals surface area contributed by atoms with Gasteiger partial charge >= 0.3 is 0 Å². The second-order valence-corrected chi connectivity index (χ2v) is 4.80. The lowest BCUT2D eigenvalue weighted by molar-refractivity contribution is -0.116. The average molecular weight is 294 g/mol. The molecule has 0 aliphatic carbocycles. The lowest BCUT2D eigenvalue weighted by atomic mass is 10.0. The highest BCUT2D eigenvalue weighted by molar-refractivity contribution is 7.75. The van der Waals surface area contributed by atoms with Crippen LogP contribution in [0.1, 0.15) is 38.2 Å². The Morgan fingerprint density at radius 3 is 3.05 bits per heavy atom. The molecule has 0 fully saturated rings. The van der Waals surface area contributed by atoms with Gasteiger partial charge in [0.25, 0.3) is 0 Å². The molecule has 0 spiro atoms. The maximum atomic E-state index is 11.3. The number of oxime groups is 1. The lowest BCUT2D eigenvalue weighted by Crippen LogP contribution is -2.19. The van der Waals surface area contributed by atoms with E-state index in [0.717, 1.165) is 30.5 Å². The fourth-order valence-corrected chi connectivity index (χ4v) is 2.14. The van der Waals surface area contributed by atoms with E-state index >= 15 is 0 Å². The Balaban J connectivity index is 2.09. The van der Waals surface area contributed by atoms with Gasteiger partial charge in [-0.05, 0) is 41.8 Å². The molecule has 6 heteroatoms. The van der Waals surface area contributed by atoms with Crippen molar-refractivity contribution in [2.45, 2.75) is 39.0 Å². The monoisotopic (exact) mass is 294 g/mol. The Bertz CT molecular complexity index is 517. The van der Waals surface area contributed by atoms with Gasteiger partial charge in [-0.1, -0.05) is 13.3 Å². The Labute approximate surface area is 123 Å². The number of thiol groups is 1. The fraction of sp³-hybridized carbons (Fsp3) is 0.429. The number of anilines is 1. The zero-order chi connectivity index (χ0) is 14.4. The number of fused-ring (bicyclic) bond motifs is 1. The van der Waals surface area contributed by atoms with Crippen LogP contribution in [0.5, 0.6) is 5.75 Å². The second-order valence-electron chi connectivity index (χ2n) is 4.64. The standard InChI is InChI=1S/C14H18N2O3S/c1-2-3-4-14(16-19-20)18-11-6-7-12-10(9-11)5-8-13(17)15-12/h6-7,9,20H,2-5,8H2,1H3,(H,15,17). The summed E-state index contributed by atoms with van der Waals surface area (Å²) in [4.78, 5) is 11.3. The van der Waals surface area contributed by atoms with Gasteiger partial charge < -0.3 is 14.3 Å². The molecule has 0 saturated heterocycles. The quantitative estimate of drug-likeness (QED) is 0.288. The first-order chi connectivity index (χ1) is 9.72. The van der Waals surface area contributed by atoms with Crippen molar-refractivity contribution in [1.29, 1.82) is 0 Å². The van der Waals surface area contributed by atoms with Crippen LogP contribution in [0.2, 0.25) is 0 Å². The zero-order valence-corrected chi connectivity index (χ0v) is 12.3. The van der Waals surface area contributed by atoms with E-state index in [2.05, 4.69) is 34.6 Å². The molecule has 0 radical (unpaired) electrons. The molecule has 1 amide bonds. The summed E-state index contributed by atoms with van der Waals surface area (Å²) in [5, 5.41) is 6.61. The van der Waals surface area contributed by atoms with Gasteiger partial charge in [0.15, 0.2) is 0 Å². The number of carbonyl (C=O) groups is 1. The normalized spacial score (nSPS) is 14.5. The number of hydrogen-bond acceptors (Lipinski definition) is 5. The highest BCUT2D eigenvalue weighted by Crippen LogP contribution is 2.27. The van der Waals surface area contributed by atoms with Crippen LogP contribution >= 0.6 is 12.9 Å². The average Bonchev–Trinajstić information content (AvgIpc) is 2.45. The van der Waals surface area contributed by atoms with Crippen molar-refractivity contribution >= 4 is 30.4 Å². The summed E-state index contributed by atoms with van der Waals surface area (Å²) in [6, 6.07) is 5.58. The van der Waals surface area contributed by atoms with Gasteiger partial charge in [0, 0.05) is 18.5 Å². The molecule has 108 valence electrons. The van der Waals surface area contributed by atoms with Crippen molar-refractivity contribution in [2.75, 3.05) is 5.32 Å². The Morgan fingerprint density at radius 1 is 1.45 bits per heavy atom. The molecule has 20 heavy (non-hydrogen) atoms. The second kappa shape index (κ2) is 7.19. The molecule has 1 N–H and O–H groups in total. The predicted octanol–water partition coefficient (Wildman–Crippen LogP) is 3.32. The summed E-state index contributed by atoms with van der Waals surface area (Å²) in [6.45, 7) is 2.10. The van der Waals surface area contributed by atoms with Gasteiger partial charge in [-0.3, -0.25) is 4.79 Å². The molecule has 0 saturated carbocycles. The van der Waals surface area contributed by atoms with Crippen molar-refractivity contribution in [3.8, 4) is 5.75 Å². The third kappa shape index (κ3) is 3.90. The van der Waals surface area contributed by atoms with Crippen molar-refractivity contribution in [3.05, 3.63) is 23.8 Å². The van der Waals surface area contributed by atoms with Gasteiger partial charge in [0.1, 0.15) is 5.75 Å². The molecule has 1 heterocycles. The topological polar surface area (TPSA) is 59.9 Å². The molecule has 1 aromatic carbocycles. The number of benzene rings is 1. The van der Waals surface area contributed by atoms with Gasteiger partial charge in [0.05, 0.1) is 12.9 Å². The highest BCUT2D eigenvalue weighted by atomic mass is 32.1. The van der Waals surface area contributed by atoms with E-state index in [9.17, 15) is 4.79 Å². The summed E-state index contributed by atoms with van der Waals surface area (Å²) in [5.74, 6) is 1.25. The van der Waals surface area contributed by atoms with Crippen LogP contribution < -0.4 is 10.1 Å². The minimum Gasteiger partial charge on any atom is -0.440 e. The number of rotatable bonds is 5. The number of amides is 1. The maximum absolute atomic E-state index is 11.3. The summed E-state index contributed by atoms with van der Waals surface area (Å²) in [7, 11) is 0. The van der Waals surface area contributed by atoms with E-state index < -0.39 is 0 Å². The Hall–Kier alpha value is -1.69. The number of carbonyl (C=O) groups excluding carboxylic acids is 1. The number of nitrogens with zero attached hydrogens (tertiary/aromatic N) is 1. The molecular formula is C14H18N2O3S. The van der Waals surface area contributed by atoms with Crippen LogP contribution in [-0.2, 0) is 15.5 Å². The van der Waals surface area contributed by atoms with Crippen LogP contribution in [0.4, 0.5) is 5.69 Å². The minimum absolute atomic E-state index is 0.0554. The van der Waals surface area contributed by atoms with Crippen LogP contribution in [-0.4, -0.2) is 11.8 Å². The van der Waals surface area contributed by atoms with Crippen molar-refractivity contribution in [2.24, 2.45) is 5.16 Å². The molecule has 1 aliphatic heterocycles. The van der Waals surface area contributed by atoms with Crippen LogP contribution in [0.3, 0.4) is 0 Å². The largest absolute Gasteiger partial charge is 0.440 e. The summed E-state index contributed by atoms with van der Waals surface area (Å²) >= 11 is 3.62. The first kappa shape index (κ1) is 14.7. The van der Waals surface area contributed by atoms with Gasteiger partial charge in [-0.15, -0.1) is 0 Å². The smallest absolute Gasteiger partial charge is 0.232 e. The van der Waals surface area contributed by atoms with E-state index in [1.807, 2.05) is 18.2 Å². The number of unbranched alkanes of at least 4 members (excludes halogenated alkanes) is 1. The van der Waals surface area contributed by atoms with Crippen LogP contribution in [0.25, 0.3) is 0 Å². The van der Waals surface area contributed by atoms with Gasteiger partial charge in [-0.2, -0.15) is 0 Å². The highest BCUT2D eigenvalue weighted by Gasteiger charge is 2.15. The Morgan fingerprint density at radius 2 is 2.30 bits per heavy atom. The number of nitrogens with one attached hydrogen (secondary N) is 1. The Kier molecular flexibility index (Phi) is 5.29. The molecule has 1 aromatic rings. The number of ether oxygens (including phenoxy) is 1. The van der Waals surface area contributed by atoms with E-state index in [1.54, 1.807) is 0 Å². The minimum atomic E-state index is 0.0554. The third-order valence-electron chi connectivity index (χ3n) is 3.09. The summed E-state index contributed by atoms with van der Waals surface area (Å²) in [5.41, 5.74) is 1.93. The first-order valence-corrected chi connectivity index (χ1v) is 7.07. The van der Waals surface area contributed by atoms with Crippen LogP contribution in [0, 0.1) is 0 Å². The van der Waals surface area contributed by atoms with Crippen molar-refractivity contribution in [3.63, 3.8) is 0 Å². The zero-order valence-electron chi connectivity index (χ0n) is 11.4. The summed E-state index contributed by atoms with van der Waals surface area (Å²) in [6.07, 6.45) is 3.95. The van der Waals surface area contributed by atoms with E-state index in [-0.39, 0.29) is 5.91 Å². The molecule has 0 unspecified atom stereocenters. The van der Waals surface area contributed by atoms with E-state index in [0.29, 0.717) is 24.5 Å². The van der Waals surface area contributed by atoms with Crippen molar-refractivity contribution in [1.82, 2.24) is 0 Å². The van der Waals surface area contributed by atoms with Gasteiger partial charge in [0.2, 0.25) is 11.8 Å². The lowest BCUT2D eigenvalue weighted by Gasteiger charge is -2.17. The molecule has 0 bridgehead atoms. The van der Waals surface area contributed by atoms with Crippen molar-refractivity contribution < 1.29 is 13.8 Å². The number of hydrogen-bond donors (Lipinski definition) is 2. The van der Waals surface area contributed by atoms with E-state index in [4.69, 9.17) is 4.74 Å². The first-order valence-electron chi connectivity index (χ1n) is 6.71. The number of aryl methyl sites for hydroxylation is 1. The maximum Gasteiger partial charge on any atom is 0.232 e. The molecule has 1 aliphatic rings. The third-order valence-corrected chi connectivity index (χ3v) is 3.18. The SMILES string of the molecule is CCCCC(=NOS)Oc1ccc2c(c1)CCC(=O)N2.